The molecule has 1 atom stereocenters. The first-order chi connectivity index (χ1) is 7.98. The van der Waals surface area contributed by atoms with Crippen LogP contribution in [0.15, 0.2) is 18.2 Å². The predicted octanol–water partition coefficient (Wildman–Crippen LogP) is 0.850. The molecular formula is C11H14FNO3S. The summed E-state index contributed by atoms with van der Waals surface area (Å²) >= 11 is 0. The van der Waals surface area contributed by atoms with Crippen molar-refractivity contribution in [2.24, 2.45) is 5.73 Å². The molecule has 0 bridgehead atoms. The number of sulfone groups is 1. The molecule has 1 aliphatic rings. The Kier molecular flexibility index (Phi) is 3.35. The van der Waals surface area contributed by atoms with Crippen LogP contribution in [0.1, 0.15) is 12.0 Å². The van der Waals surface area contributed by atoms with Gasteiger partial charge in [-0.25, -0.2) is 12.8 Å². The third-order valence-electron chi connectivity index (χ3n) is 2.66. The Balaban J connectivity index is 2.11. The van der Waals surface area contributed by atoms with Gasteiger partial charge in [-0.2, -0.15) is 0 Å². The van der Waals surface area contributed by atoms with Gasteiger partial charge in [-0.3, -0.25) is 0 Å². The van der Waals surface area contributed by atoms with Crippen molar-refractivity contribution in [2.45, 2.75) is 19.1 Å². The second kappa shape index (κ2) is 4.62. The minimum Gasteiger partial charge on any atom is -0.489 e. The Morgan fingerprint density at radius 3 is 2.76 bits per heavy atom. The highest BCUT2D eigenvalue weighted by molar-refractivity contribution is 7.91. The Morgan fingerprint density at radius 1 is 1.41 bits per heavy atom. The van der Waals surface area contributed by atoms with Crippen LogP contribution in [0.3, 0.4) is 0 Å². The SMILES string of the molecule is NCc1cc(F)cc(OC2CCS(=O)(=O)C2)c1. The van der Waals surface area contributed by atoms with Gasteiger partial charge in [0.25, 0.3) is 0 Å². The van der Waals surface area contributed by atoms with Crippen LogP contribution in [0.4, 0.5) is 4.39 Å². The standard InChI is InChI=1S/C11H14FNO3S/c12-9-3-8(6-13)4-11(5-9)16-10-1-2-17(14,15)7-10/h3-5,10H,1-2,6-7,13H2. The van der Waals surface area contributed by atoms with Gasteiger partial charge in [-0.15, -0.1) is 0 Å². The van der Waals surface area contributed by atoms with Crippen molar-refractivity contribution in [2.75, 3.05) is 11.5 Å². The fourth-order valence-corrected chi connectivity index (χ4v) is 3.44. The van der Waals surface area contributed by atoms with Gasteiger partial charge in [0.05, 0.1) is 11.5 Å². The molecule has 0 radical (unpaired) electrons. The first-order valence-electron chi connectivity index (χ1n) is 5.35. The van der Waals surface area contributed by atoms with Crippen LogP contribution in [0.2, 0.25) is 0 Å². The molecule has 0 aromatic heterocycles. The summed E-state index contributed by atoms with van der Waals surface area (Å²) in [6, 6.07) is 4.20. The summed E-state index contributed by atoms with van der Waals surface area (Å²) in [7, 11) is -2.98. The van der Waals surface area contributed by atoms with E-state index in [9.17, 15) is 12.8 Å². The quantitative estimate of drug-likeness (QED) is 0.873. The lowest BCUT2D eigenvalue weighted by Gasteiger charge is -2.12. The van der Waals surface area contributed by atoms with E-state index in [0.29, 0.717) is 17.7 Å². The minimum atomic E-state index is -2.98. The lowest BCUT2D eigenvalue weighted by molar-refractivity contribution is 0.228. The number of hydrogen-bond donors (Lipinski definition) is 1. The van der Waals surface area contributed by atoms with Crippen molar-refractivity contribution in [1.29, 1.82) is 0 Å². The molecule has 0 saturated carbocycles. The molecule has 2 N–H and O–H groups in total. The summed E-state index contributed by atoms with van der Waals surface area (Å²) in [5.41, 5.74) is 6.05. The third-order valence-corrected chi connectivity index (χ3v) is 4.40. The van der Waals surface area contributed by atoms with Crippen LogP contribution >= 0.6 is 0 Å². The molecule has 94 valence electrons. The normalized spacial score (nSPS) is 22.6. The average molecular weight is 259 g/mol. The molecule has 1 aromatic carbocycles. The second-order valence-electron chi connectivity index (χ2n) is 4.14. The first-order valence-corrected chi connectivity index (χ1v) is 7.17. The minimum absolute atomic E-state index is 0.00146. The Labute approximate surface area is 99.5 Å². The molecule has 1 unspecified atom stereocenters. The topological polar surface area (TPSA) is 69.4 Å². The van der Waals surface area contributed by atoms with Crippen molar-refractivity contribution >= 4 is 9.84 Å². The molecule has 6 heteroatoms. The second-order valence-corrected chi connectivity index (χ2v) is 6.37. The molecule has 4 nitrogen and oxygen atoms in total. The summed E-state index contributed by atoms with van der Waals surface area (Å²) < 4.78 is 41.1. The van der Waals surface area contributed by atoms with Gasteiger partial charge in [0.2, 0.25) is 0 Å². The average Bonchev–Trinajstić information content (AvgIpc) is 2.57. The van der Waals surface area contributed by atoms with Crippen molar-refractivity contribution < 1.29 is 17.5 Å². The highest BCUT2D eigenvalue weighted by Crippen LogP contribution is 2.22. The van der Waals surface area contributed by atoms with Gasteiger partial charge in [0, 0.05) is 12.6 Å². The summed E-state index contributed by atoms with van der Waals surface area (Å²) in [6.07, 6.45) is 0.0731. The number of benzene rings is 1. The Bertz CT molecular complexity index is 515. The molecule has 1 fully saturated rings. The number of ether oxygens (including phenoxy) is 1. The number of rotatable bonds is 3. The fourth-order valence-electron chi connectivity index (χ4n) is 1.85. The van der Waals surface area contributed by atoms with Gasteiger partial charge >= 0.3 is 0 Å². The van der Waals surface area contributed by atoms with E-state index < -0.39 is 15.7 Å². The lowest BCUT2D eigenvalue weighted by Crippen LogP contribution is -2.18. The molecule has 1 aliphatic heterocycles. The van der Waals surface area contributed by atoms with Crippen LogP contribution in [0.25, 0.3) is 0 Å². The molecule has 2 rings (SSSR count). The van der Waals surface area contributed by atoms with E-state index in [2.05, 4.69) is 0 Å². The first kappa shape index (κ1) is 12.3. The maximum absolute atomic E-state index is 13.2. The number of nitrogens with two attached hydrogens (primary N) is 1. The van der Waals surface area contributed by atoms with Crippen LogP contribution in [0, 0.1) is 5.82 Å². The molecule has 1 aromatic rings. The van der Waals surface area contributed by atoms with Gasteiger partial charge < -0.3 is 10.5 Å². The van der Waals surface area contributed by atoms with Gasteiger partial charge in [-0.05, 0) is 24.1 Å². The third kappa shape index (κ3) is 3.17. The monoisotopic (exact) mass is 259 g/mol. The van der Waals surface area contributed by atoms with E-state index in [1.54, 1.807) is 6.07 Å². The van der Waals surface area contributed by atoms with Gasteiger partial charge in [0.15, 0.2) is 9.84 Å². The fraction of sp³-hybridized carbons (Fsp3) is 0.455. The summed E-state index contributed by atoms with van der Waals surface area (Å²) in [4.78, 5) is 0. The molecule has 0 spiro atoms. The summed E-state index contributed by atoms with van der Waals surface area (Å²) in [6.45, 7) is 0.219. The van der Waals surface area contributed by atoms with E-state index in [0.717, 1.165) is 0 Å². The molecule has 17 heavy (non-hydrogen) atoms. The molecule has 1 saturated heterocycles. The van der Waals surface area contributed by atoms with E-state index in [1.807, 2.05) is 0 Å². The van der Waals surface area contributed by atoms with Crippen LogP contribution < -0.4 is 10.5 Å². The van der Waals surface area contributed by atoms with Crippen LogP contribution in [-0.2, 0) is 16.4 Å². The summed E-state index contributed by atoms with van der Waals surface area (Å²) in [5.74, 6) is 0.0504. The molecule has 1 heterocycles. The zero-order valence-corrected chi connectivity index (χ0v) is 10.0. The highest BCUT2D eigenvalue weighted by atomic mass is 32.2. The largest absolute Gasteiger partial charge is 0.489 e. The van der Waals surface area contributed by atoms with E-state index in [1.165, 1.54) is 12.1 Å². The smallest absolute Gasteiger partial charge is 0.154 e. The number of halogens is 1. The molecule has 0 aliphatic carbocycles. The number of hydrogen-bond acceptors (Lipinski definition) is 4. The van der Waals surface area contributed by atoms with Crippen LogP contribution in [0.5, 0.6) is 5.75 Å². The maximum Gasteiger partial charge on any atom is 0.154 e. The van der Waals surface area contributed by atoms with Crippen molar-refractivity contribution in [1.82, 2.24) is 0 Å². The Morgan fingerprint density at radius 2 is 2.18 bits per heavy atom. The van der Waals surface area contributed by atoms with Gasteiger partial charge in [0.1, 0.15) is 17.7 Å². The van der Waals surface area contributed by atoms with Crippen molar-refractivity contribution in [3.63, 3.8) is 0 Å². The zero-order chi connectivity index (χ0) is 12.5. The maximum atomic E-state index is 13.2. The predicted molar refractivity (Wildman–Crippen MR) is 62.0 cm³/mol. The zero-order valence-electron chi connectivity index (χ0n) is 9.23. The lowest BCUT2D eigenvalue weighted by atomic mass is 10.2. The molecular weight excluding hydrogens is 245 g/mol. The van der Waals surface area contributed by atoms with Crippen LogP contribution in [-0.4, -0.2) is 26.0 Å². The summed E-state index contributed by atoms with van der Waals surface area (Å²) in [5, 5.41) is 0. The van der Waals surface area contributed by atoms with E-state index in [4.69, 9.17) is 10.5 Å². The van der Waals surface area contributed by atoms with E-state index >= 15 is 0 Å². The molecule has 0 amide bonds. The van der Waals surface area contributed by atoms with Crippen molar-refractivity contribution in [3.8, 4) is 5.75 Å². The van der Waals surface area contributed by atoms with Gasteiger partial charge in [-0.1, -0.05) is 0 Å². The van der Waals surface area contributed by atoms with E-state index in [-0.39, 0.29) is 24.2 Å². The van der Waals surface area contributed by atoms with Crippen molar-refractivity contribution in [3.05, 3.63) is 29.6 Å². The highest BCUT2D eigenvalue weighted by Gasteiger charge is 2.29. The Hall–Kier alpha value is -1.14.